The molecule has 0 saturated carbocycles. The van der Waals surface area contributed by atoms with Crippen LogP contribution in [-0.2, 0) is 43.3 Å². The van der Waals surface area contributed by atoms with Crippen LogP contribution in [0.2, 0.25) is 0 Å². The van der Waals surface area contributed by atoms with Crippen LogP contribution in [0.4, 0.5) is 0 Å². The molecule has 0 heteroatoms. The maximum Gasteiger partial charge on any atom is 0.0636 e. The summed E-state index contributed by atoms with van der Waals surface area (Å²) in [6.45, 7) is 55.8. The first-order valence-electron chi connectivity index (χ1n) is 32.8. The zero-order valence-corrected chi connectivity index (χ0v) is 57.2. The van der Waals surface area contributed by atoms with Gasteiger partial charge in [0.2, 0.25) is 0 Å². The fourth-order valence-electron chi connectivity index (χ4n) is 13.4. The zero-order chi connectivity index (χ0) is 64.8. The van der Waals surface area contributed by atoms with Crippen LogP contribution in [0.15, 0.2) is 182 Å². The Morgan fingerprint density at radius 1 is 0.163 bits per heavy atom. The van der Waals surface area contributed by atoms with Gasteiger partial charge in [0.05, 0.1) is 2.74 Å². The predicted molar refractivity (Wildman–Crippen MR) is 380 cm³/mol. The van der Waals surface area contributed by atoms with Gasteiger partial charge in [-0.3, -0.25) is 0 Å². The van der Waals surface area contributed by atoms with Gasteiger partial charge in [0.1, 0.15) is 0 Å². The minimum absolute atomic E-state index is 0.234. The highest BCUT2D eigenvalue weighted by molar-refractivity contribution is 6.06. The second-order valence-electron chi connectivity index (χ2n) is 32.8. The number of hydrogen-bond acceptors (Lipinski definition) is 0. The molecule has 9 aromatic rings. The third kappa shape index (κ3) is 12.4. The molecule has 0 N–H and O–H groups in total. The van der Waals surface area contributed by atoms with Gasteiger partial charge in [0.25, 0.3) is 0 Å². The summed E-state index contributed by atoms with van der Waals surface area (Å²) < 4.78 is 23.9. The maximum atomic E-state index is 12.0. The van der Waals surface area contributed by atoms with Crippen molar-refractivity contribution < 1.29 is 2.74 Å². The van der Waals surface area contributed by atoms with E-state index in [9.17, 15) is 2.74 Å². The largest absolute Gasteiger partial charge is 0.0636 e. The van der Waals surface area contributed by atoms with Crippen molar-refractivity contribution in [1.82, 2.24) is 0 Å². The van der Waals surface area contributed by atoms with Crippen molar-refractivity contribution in [2.24, 2.45) is 0 Å². The molecule has 0 aliphatic heterocycles. The summed E-state index contributed by atoms with van der Waals surface area (Å²) in [5.74, 6) is 0. The topological polar surface area (TPSA) is 0 Å². The van der Waals surface area contributed by atoms with E-state index in [4.69, 9.17) is 0 Å². The Balaban J connectivity index is 1.65. The molecule has 0 unspecified atom stereocenters. The van der Waals surface area contributed by atoms with Gasteiger partial charge in [-0.05, 0) is 189 Å². The second-order valence-corrected chi connectivity index (χ2v) is 32.8. The van der Waals surface area contributed by atoms with Crippen LogP contribution in [0.5, 0.6) is 0 Å². The summed E-state index contributed by atoms with van der Waals surface area (Å²) in [4.78, 5) is 0. The molecule has 446 valence electrons. The SMILES string of the molecule is [2H]c1c(-c2ccccc2-c2c(C(C)(C)C)cccc2C(C)(C)C)c(-c2ccccc2-c2c(C(C)(C)C)cccc2C(C)(C)C)c([2H])c(-c2ccccc2-c2c(C(C)(C)C)cccc2C(C)(C)C)c1-c1ccccc1-c1c(C(C)(C)C)cccc1C(C)(C)C. The third-order valence-corrected chi connectivity index (χ3v) is 17.6. The van der Waals surface area contributed by atoms with E-state index in [0.29, 0.717) is 12.1 Å². The fraction of sp³-hybridized carbons (Fsp3) is 0.372. The zero-order valence-electron chi connectivity index (χ0n) is 59.2. The highest BCUT2D eigenvalue weighted by Gasteiger charge is 2.35. The van der Waals surface area contributed by atoms with Gasteiger partial charge in [0.15, 0.2) is 0 Å². The Morgan fingerprint density at radius 3 is 0.419 bits per heavy atom. The van der Waals surface area contributed by atoms with Crippen LogP contribution in [-0.4, -0.2) is 0 Å². The van der Waals surface area contributed by atoms with Gasteiger partial charge in [-0.1, -0.05) is 336 Å². The molecule has 0 radical (unpaired) electrons. The number of rotatable bonds is 8. The normalized spacial score (nSPS) is 13.4. The molecule has 0 aliphatic rings. The molecule has 9 aromatic carbocycles. The van der Waals surface area contributed by atoms with E-state index in [2.05, 4.69) is 336 Å². The van der Waals surface area contributed by atoms with Crippen molar-refractivity contribution in [1.29, 1.82) is 0 Å². The molecular weight excluding hydrogens is 1030 g/mol. The lowest BCUT2D eigenvalue weighted by Gasteiger charge is -2.33. The smallest absolute Gasteiger partial charge is 0.0616 e. The van der Waals surface area contributed by atoms with Crippen molar-refractivity contribution in [3.8, 4) is 89.0 Å². The van der Waals surface area contributed by atoms with E-state index in [0.717, 1.165) is 66.8 Å². The van der Waals surface area contributed by atoms with Crippen molar-refractivity contribution in [2.45, 2.75) is 209 Å². The van der Waals surface area contributed by atoms with Crippen LogP contribution in [0.25, 0.3) is 89.0 Å². The molecular formula is C86H102. The van der Waals surface area contributed by atoms with E-state index in [1.165, 1.54) is 66.8 Å². The lowest BCUT2D eigenvalue weighted by molar-refractivity contribution is 0.571. The average molecular weight is 1140 g/mol. The molecule has 0 aliphatic carbocycles. The fourth-order valence-corrected chi connectivity index (χ4v) is 13.4. The van der Waals surface area contributed by atoms with Crippen molar-refractivity contribution in [3.63, 3.8) is 0 Å². The molecule has 0 amide bonds. The summed E-state index contributed by atoms with van der Waals surface area (Å²) in [6.07, 6.45) is 0. The van der Waals surface area contributed by atoms with Crippen LogP contribution in [0.3, 0.4) is 0 Å². The Hall–Kier alpha value is -7.02. The molecule has 0 nitrogen and oxygen atoms in total. The summed E-state index contributed by atoms with van der Waals surface area (Å²) in [5.41, 5.74) is 23.8. The lowest BCUT2D eigenvalue weighted by atomic mass is 9.71. The number of benzene rings is 9. The Labute approximate surface area is 524 Å². The molecule has 9 rings (SSSR count). The molecule has 0 aromatic heterocycles. The molecule has 0 bridgehead atoms. The quantitative estimate of drug-likeness (QED) is 0.142. The van der Waals surface area contributed by atoms with Gasteiger partial charge in [0, 0.05) is 0 Å². The van der Waals surface area contributed by atoms with Crippen LogP contribution < -0.4 is 0 Å². The summed E-state index contributed by atoms with van der Waals surface area (Å²) in [7, 11) is 0. The molecule has 0 atom stereocenters. The summed E-state index contributed by atoms with van der Waals surface area (Å²) in [6, 6.07) is 63.8. The maximum absolute atomic E-state index is 12.0. The summed E-state index contributed by atoms with van der Waals surface area (Å²) in [5, 5.41) is 0. The first kappa shape index (κ1) is 60.7. The Morgan fingerprint density at radius 2 is 0.291 bits per heavy atom. The van der Waals surface area contributed by atoms with Crippen molar-refractivity contribution >= 4 is 0 Å². The van der Waals surface area contributed by atoms with E-state index >= 15 is 0 Å². The Bertz CT molecular complexity index is 3440. The van der Waals surface area contributed by atoms with E-state index in [-0.39, 0.29) is 43.3 Å². The summed E-state index contributed by atoms with van der Waals surface area (Å²) >= 11 is 0. The highest BCUT2D eigenvalue weighted by Crippen LogP contribution is 2.55. The van der Waals surface area contributed by atoms with Crippen molar-refractivity contribution in [2.75, 3.05) is 0 Å². The minimum atomic E-state index is -0.234. The van der Waals surface area contributed by atoms with Crippen LogP contribution in [0.1, 0.15) is 213 Å². The standard InChI is InChI=1S/C86H102/c1-79(2,3)67-45-33-46-68(80(4,5)6)75(67)59-41-29-25-37-55(59)63-53-65(57-39-27-31-43-61(57)77-71(83(13,14)15)49-35-50-72(77)84(16,17)18)66(58-40-28-32-44-62(58)78-73(85(19,20)21)51-36-52-74(78)86(22,23)24)54-64(63)56-38-26-30-42-60(56)76-69(81(7,8)9)47-34-48-70(76)82(10,11)12/h25-54H,1-24H3/i53D,54D. The predicted octanol–water partition coefficient (Wildman–Crippen LogP) is 25.4. The molecule has 0 spiro atoms. The molecule has 0 heterocycles. The minimum Gasteiger partial charge on any atom is -0.0616 e. The first-order chi connectivity index (χ1) is 40.7. The highest BCUT2D eigenvalue weighted by atomic mass is 14.4. The van der Waals surface area contributed by atoms with E-state index in [1.54, 1.807) is 0 Å². The molecule has 0 saturated heterocycles. The Kier molecular flexibility index (Phi) is 15.9. The third-order valence-electron chi connectivity index (χ3n) is 17.6. The van der Waals surface area contributed by atoms with Gasteiger partial charge in [-0.2, -0.15) is 0 Å². The van der Waals surface area contributed by atoms with Gasteiger partial charge < -0.3 is 0 Å². The monoisotopic (exact) mass is 1140 g/mol. The first-order valence-corrected chi connectivity index (χ1v) is 31.8. The lowest BCUT2D eigenvalue weighted by Crippen LogP contribution is -2.19. The molecule has 86 heavy (non-hydrogen) atoms. The van der Waals surface area contributed by atoms with Gasteiger partial charge in [-0.15, -0.1) is 0 Å². The van der Waals surface area contributed by atoms with Gasteiger partial charge >= 0.3 is 0 Å². The average Bonchev–Trinajstić information content (AvgIpc) is 0.749. The number of hydrogen-bond donors (Lipinski definition) is 0. The second kappa shape index (κ2) is 22.6. The van der Waals surface area contributed by atoms with Crippen LogP contribution >= 0.6 is 0 Å². The van der Waals surface area contributed by atoms with E-state index < -0.39 is 0 Å². The van der Waals surface area contributed by atoms with Gasteiger partial charge in [-0.25, -0.2) is 0 Å². The van der Waals surface area contributed by atoms with E-state index in [1.807, 2.05) is 0 Å². The van der Waals surface area contributed by atoms with Crippen molar-refractivity contribution in [3.05, 3.63) is 226 Å². The van der Waals surface area contributed by atoms with Crippen LogP contribution in [0, 0.1) is 0 Å². The molecule has 0 fully saturated rings.